The molecular formula is C14H17BrF2. The fourth-order valence-corrected chi connectivity index (χ4v) is 3.37. The van der Waals surface area contributed by atoms with Crippen molar-refractivity contribution >= 4 is 15.9 Å². The van der Waals surface area contributed by atoms with E-state index in [9.17, 15) is 8.78 Å². The van der Waals surface area contributed by atoms with E-state index in [-0.39, 0.29) is 4.83 Å². The summed E-state index contributed by atoms with van der Waals surface area (Å²) in [5.74, 6) is -0.975. The van der Waals surface area contributed by atoms with Crippen LogP contribution in [0.2, 0.25) is 0 Å². The summed E-state index contributed by atoms with van der Waals surface area (Å²) in [6, 6.07) is 4.22. The molecule has 0 nitrogen and oxygen atoms in total. The molecule has 1 fully saturated rings. The monoisotopic (exact) mass is 302 g/mol. The van der Waals surface area contributed by atoms with Crippen LogP contribution in [0.3, 0.4) is 0 Å². The third kappa shape index (κ3) is 3.27. The number of hydrogen-bond donors (Lipinski definition) is 0. The van der Waals surface area contributed by atoms with E-state index in [2.05, 4.69) is 15.9 Å². The molecule has 1 unspecified atom stereocenters. The number of rotatable bonds is 2. The van der Waals surface area contributed by atoms with Crippen molar-refractivity contribution < 1.29 is 8.78 Å². The van der Waals surface area contributed by atoms with Gasteiger partial charge in [0.15, 0.2) is 11.6 Å². The summed E-state index contributed by atoms with van der Waals surface area (Å²) in [4.78, 5) is 0.149. The van der Waals surface area contributed by atoms with Gasteiger partial charge in [-0.1, -0.05) is 47.7 Å². The molecule has 0 N–H and O–H groups in total. The van der Waals surface area contributed by atoms with Crippen LogP contribution in [-0.2, 0) is 0 Å². The van der Waals surface area contributed by atoms with Crippen LogP contribution in [0.4, 0.5) is 8.78 Å². The highest BCUT2D eigenvalue weighted by Gasteiger charge is 2.22. The molecule has 1 aromatic carbocycles. The van der Waals surface area contributed by atoms with E-state index in [1.165, 1.54) is 50.7 Å². The Morgan fingerprint density at radius 2 is 1.65 bits per heavy atom. The average molecular weight is 303 g/mol. The summed E-state index contributed by atoms with van der Waals surface area (Å²) in [6.07, 6.45) is 7.44. The van der Waals surface area contributed by atoms with E-state index in [1.54, 1.807) is 6.07 Å². The Kier molecular flexibility index (Phi) is 4.55. The van der Waals surface area contributed by atoms with Gasteiger partial charge in [-0.25, -0.2) is 8.78 Å². The van der Waals surface area contributed by atoms with Gasteiger partial charge < -0.3 is 0 Å². The van der Waals surface area contributed by atoms with Crippen molar-refractivity contribution in [2.45, 2.75) is 43.4 Å². The minimum Gasteiger partial charge on any atom is -0.204 e. The Morgan fingerprint density at radius 1 is 1.00 bits per heavy atom. The molecule has 1 aliphatic rings. The number of benzene rings is 1. The molecule has 0 aliphatic heterocycles. The molecule has 0 heterocycles. The fourth-order valence-electron chi connectivity index (χ4n) is 2.56. The maximum atomic E-state index is 13.2. The van der Waals surface area contributed by atoms with E-state index >= 15 is 0 Å². The van der Waals surface area contributed by atoms with E-state index < -0.39 is 11.6 Å². The first-order valence-electron chi connectivity index (χ1n) is 6.27. The predicted octanol–water partition coefficient (Wildman–Crippen LogP) is 5.37. The summed E-state index contributed by atoms with van der Waals surface area (Å²) in [5.41, 5.74) is 0.857. The smallest absolute Gasteiger partial charge is 0.159 e. The second kappa shape index (κ2) is 5.94. The Hall–Kier alpha value is -0.440. The molecule has 0 bridgehead atoms. The third-order valence-electron chi connectivity index (χ3n) is 3.58. The van der Waals surface area contributed by atoms with Gasteiger partial charge in [-0.3, -0.25) is 0 Å². The lowest BCUT2D eigenvalue weighted by atomic mass is 9.92. The van der Waals surface area contributed by atoms with E-state index in [0.29, 0.717) is 5.92 Å². The Labute approximate surface area is 110 Å². The highest BCUT2D eigenvalue weighted by atomic mass is 79.9. The van der Waals surface area contributed by atoms with Crippen molar-refractivity contribution in [3.63, 3.8) is 0 Å². The number of hydrogen-bond acceptors (Lipinski definition) is 0. The van der Waals surface area contributed by atoms with Crippen LogP contribution in [0.25, 0.3) is 0 Å². The fraction of sp³-hybridized carbons (Fsp3) is 0.571. The van der Waals surface area contributed by atoms with Crippen molar-refractivity contribution in [1.82, 2.24) is 0 Å². The topological polar surface area (TPSA) is 0 Å². The highest BCUT2D eigenvalue weighted by Crippen LogP contribution is 2.39. The largest absolute Gasteiger partial charge is 0.204 e. The van der Waals surface area contributed by atoms with E-state index in [1.807, 2.05) is 0 Å². The molecule has 3 heteroatoms. The van der Waals surface area contributed by atoms with Gasteiger partial charge in [-0.2, -0.15) is 0 Å². The van der Waals surface area contributed by atoms with Gasteiger partial charge in [0.2, 0.25) is 0 Å². The molecule has 0 aromatic heterocycles. The lowest BCUT2D eigenvalue weighted by molar-refractivity contribution is 0.450. The molecule has 0 amide bonds. The normalized spacial score (nSPS) is 19.9. The zero-order valence-electron chi connectivity index (χ0n) is 9.76. The molecule has 1 atom stereocenters. The maximum Gasteiger partial charge on any atom is 0.159 e. The van der Waals surface area contributed by atoms with Crippen LogP contribution in [0.5, 0.6) is 0 Å². The zero-order chi connectivity index (χ0) is 12.3. The SMILES string of the molecule is Fc1ccc(C(Br)C2CCCCCC2)cc1F. The molecule has 0 radical (unpaired) electrons. The van der Waals surface area contributed by atoms with Gasteiger partial charge >= 0.3 is 0 Å². The Balaban J connectivity index is 2.11. The van der Waals surface area contributed by atoms with Crippen LogP contribution in [0, 0.1) is 17.6 Å². The van der Waals surface area contributed by atoms with Crippen LogP contribution < -0.4 is 0 Å². The molecular weight excluding hydrogens is 286 g/mol. The van der Waals surface area contributed by atoms with Crippen molar-refractivity contribution in [2.75, 3.05) is 0 Å². The lowest BCUT2D eigenvalue weighted by Gasteiger charge is -2.21. The molecule has 1 saturated carbocycles. The molecule has 2 rings (SSSR count). The van der Waals surface area contributed by atoms with Crippen LogP contribution in [-0.4, -0.2) is 0 Å². The summed E-state index contributed by atoms with van der Waals surface area (Å²) in [6.45, 7) is 0. The van der Waals surface area contributed by atoms with Gasteiger partial charge in [0, 0.05) is 4.83 Å². The standard InChI is InChI=1S/C14H17BrF2/c15-14(10-5-3-1-2-4-6-10)11-7-8-12(16)13(17)9-11/h7-10,14H,1-6H2. The minimum absolute atomic E-state index is 0.149. The van der Waals surface area contributed by atoms with Gasteiger partial charge in [0.25, 0.3) is 0 Å². The second-order valence-electron chi connectivity index (χ2n) is 4.83. The summed E-state index contributed by atoms with van der Waals surface area (Å²) in [7, 11) is 0. The Bertz CT molecular complexity index is 370. The van der Waals surface area contributed by atoms with E-state index in [0.717, 1.165) is 5.56 Å². The molecule has 0 spiro atoms. The van der Waals surface area contributed by atoms with Crippen LogP contribution >= 0.6 is 15.9 Å². The maximum absolute atomic E-state index is 13.2. The van der Waals surface area contributed by atoms with Crippen LogP contribution in [0.1, 0.15) is 48.9 Å². The number of alkyl halides is 1. The first-order valence-corrected chi connectivity index (χ1v) is 7.19. The van der Waals surface area contributed by atoms with Gasteiger partial charge in [-0.05, 0) is 36.5 Å². The first-order chi connectivity index (χ1) is 8.18. The zero-order valence-corrected chi connectivity index (χ0v) is 11.3. The second-order valence-corrected chi connectivity index (χ2v) is 5.81. The molecule has 17 heavy (non-hydrogen) atoms. The van der Waals surface area contributed by atoms with Crippen molar-refractivity contribution in [1.29, 1.82) is 0 Å². The quantitative estimate of drug-likeness (QED) is 0.509. The third-order valence-corrected chi connectivity index (χ3v) is 4.85. The van der Waals surface area contributed by atoms with E-state index in [4.69, 9.17) is 0 Å². The molecule has 1 aliphatic carbocycles. The number of halogens is 3. The Morgan fingerprint density at radius 3 is 2.24 bits per heavy atom. The van der Waals surface area contributed by atoms with Gasteiger partial charge in [0.1, 0.15) is 0 Å². The van der Waals surface area contributed by atoms with Crippen molar-refractivity contribution in [2.24, 2.45) is 5.92 Å². The van der Waals surface area contributed by atoms with Crippen molar-refractivity contribution in [3.05, 3.63) is 35.4 Å². The molecule has 94 valence electrons. The van der Waals surface area contributed by atoms with Crippen LogP contribution in [0.15, 0.2) is 18.2 Å². The molecule has 0 saturated heterocycles. The minimum atomic E-state index is -0.769. The average Bonchev–Trinajstić information content (AvgIpc) is 2.60. The summed E-state index contributed by atoms with van der Waals surface area (Å²) >= 11 is 3.65. The van der Waals surface area contributed by atoms with Gasteiger partial charge in [0.05, 0.1) is 0 Å². The first kappa shape index (κ1) is 13.0. The van der Waals surface area contributed by atoms with Gasteiger partial charge in [-0.15, -0.1) is 0 Å². The lowest BCUT2D eigenvalue weighted by Crippen LogP contribution is -2.07. The predicted molar refractivity (Wildman–Crippen MR) is 69.2 cm³/mol. The highest BCUT2D eigenvalue weighted by molar-refractivity contribution is 9.09. The van der Waals surface area contributed by atoms with Crippen molar-refractivity contribution in [3.8, 4) is 0 Å². The summed E-state index contributed by atoms with van der Waals surface area (Å²) in [5, 5.41) is 0. The molecule has 1 aromatic rings. The summed E-state index contributed by atoms with van der Waals surface area (Å²) < 4.78 is 26.1.